The minimum Gasteiger partial charge on any atom is -0.449 e. The number of benzene rings is 2. The summed E-state index contributed by atoms with van der Waals surface area (Å²) in [6.07, 6.45) is 0.0183. The Balaban J connectivity index is 1.64. The summed E-state index contributed by atoms with van der Waals surface area (Å²) < 4.78 is 10.3. The van der Waals surface area contributed by atoms with Crippen LogP contribution >= 0.6 is 0 Å². The maximum Gasteiger partial charge on any atom is 0.407 e. The van der Waals surface area contributed by atoms with E-state index in [4.69, 9.17) is 9.47 Å². The molecule has 0 radical (unpaired) electrons. The van der Waals surface area contributed by atoms with Crippen molar-refractivity contribution in [1.82, 2.24) is 10.6 Å². The number of ether oxygens (including phenoxy) is 2. The number of fused-ring (bicyclic) bond motifs is 3. The molecule has 2 aromatic rings. The monoisotopic (exact) mass is 424 g/mol. The van der Waals surface area contributed by atoms with Crippen molar-refractivity contribution in [3.05, 3.63) is 59.7 Å². The summed E-state index contributed by atoms with van der Waals surface area (Å²) >= 11 is 0. The van der Waals surface area contributed by atoms with Crippen LogP contribution in [0.25, 0.3) is 11.1 Å². The van der Waals surface area contributed by atoms with Gasteiger partial charge in [0.1, 0.15) is 12.6 Å². The molecule has 2 atom stereocenters. The number of carbonyl (C=O) groups excluding carboxylic acids is 3. The van der Waals surface area contributed by atoms with Gasteiger partial charge in [0, 0.05) is 12.8 Å². The van der Waals surface area contributed by atoms with Crippen molar-refractivity contribution >= 4 is 18.0 Å². The van der Waals surface area contributed by atoms with Gasteiger partial charge in [-0.1, -0.05) is 68.8 Å². The highest BCUT2D eigenvalue weighted by Crippen LogP contribution is 2.44. The summed E-state index contributed by atoms with van der Waals surface area (Å²) in [5.74, 6) is -1.11. The van der Waals surface area contributed by atoms with E-state index in [1.807, 2.05) is 50.2 Å². The number of hydrogen-bond acceptors (Lipinski definition) is 5. The number of carbonyl (C=O) groups is 3. The first-order chi connectivity index (χ1) is 14.9. The lowest BCUT2D eigenvalue weighted by molar-refractivity contribution is -0.143. The first-order valence-corrected chi connectivity index (χ1v) is 10.4. The number of hydrogen-bond donors (Lipinski definition) is 2. The van der Waals surface area contributed by atoms with Crippen LogP contribution in [0.4, 0.5) is 4.79 Å². The molecule has 2 N–H and O–H groups in total. The van der Waals surface area contributed by atoms with E-state index in [0.29, 0.717) is 6.42 Å². The van der Waals surface area contributed by atoms with Crippen LogP contribution in [-0.4, -0.2) is 37.3 Å². The average Bonchev–Trinajstić information content (AvgIpc) is 3.09. The van der Waals surface area contributed by atoms with E-state index in [1.165, 1.54) is 6.92 Å². The first-order valence-electron chi connectivity index (χ1n) is 10.4. The summed E-state index contributed by atoms with van der Waals surface area (Å²) in [6, 6.07) is 15.4. The summed E-state index contributed by atoms with van der Waals surface area (Å²) in [5.41, 5.74) is 4.53. The highest BCUT2D eigenvalue weighted by molar-refractivity contribution is 5.86. The highest BCUT2D eigenvalue weighted by Gasteiger charge is 2.30. The SMILES string of the molecule is CCC(C)[C@H](NC(=O)OCC1c2ccccc2-c2ccccc21)C(=O)NCOC(C)=O. The van der Waals surface area contributed by atoms with Crippen molar-refractivity contribution < 1.29 is 23.9 Å². The third-order valence-corrected chi connectivity index (χ3v) is 5.63. The second-order valence-corrected chi connectivity index (χ2v) is 7.65. The molecule has 2 aromatic carbocycles. The third-order valence-electron chi connectivity index (χ3n) is 5.63. The number of esters is 1. The van der Waals surface area contributed by atoms with Gasteiger partial charge in [0.05, 0.1) is 0 Å². The van der Waals surface area contributed by atoms with Crippen molar-refractivity contribution in [2.75, 3.05) is 13.3 Å². The maximum atomic E-state index is 12.5. The second kappa shape index (κ2) is 10.1. The van der Waals surface area contributed by atoms with Crippen LogP contribution in [0.5, 0.6) is 0 Å². The van der Waals surface area contributed by atoms with Crippen molar-refractivity contribution in [2.24, 2.45) is 5.92 Å². The minimum atomic E-state index is -0.795. The van der Waals surface area contributed by atoms with Gasteiger partial charge in [-0.3, -0.25) is 9.59 Å². The molecule has 31 heavy (non-hydrogen) atoms. The van der Waals surface area contributed by atoms with Gasteiger partial charge in [0.25, 0.3) is 0 Å². The summed E-state index contributed by atoms with van der Waals surface area (Å²) in [5, 5.41) is 5.17. The Bertz CT molecular complexity index is 913. The van der Waals surface area contributed by atoms with Crippen LogP contribution < -0.4 is 10.6 Å². The molecule has 0 spiro atoms. The molecule has 1 unspecified atom stereocenters. The molecule has 3 rings (SSSR count). The molecular weight excluding hydrogens is 396 g/mol. The Hall–Kier alpha value is -3.35. The van der Waals surface area contributed by atoms with Crippen LogP contribution in [0.15, 0.2) is 48.5 Å². The van der Waals surface area contributed by atoms with E-state index in [1.54, 1.807) is 0 Å². The predicted octanol–water partition coefficient (Wildman–Crippen LogP) is 3.58. The Morgan fingerprint density at radius 2 is 1.55 bits per heavy atom. The molecular formula is C24H28N2O5. The second-order valence-electron chi connectivity index (χ2n) is 7.65. The molecule has 2 amide bonds. The lowest BCUT2D eigenvalue weighted by atomic mass is 9.98. The van der Waals surface area contributed by atoms with Gasteiger partial charge in [-0.2, -0.15) is 0 Å². The lowest BCUT2D eigenvalue weighted by Crippen LogP contribution is -2.51. The van der Waals surface area contributed by atoms with Gasteiger partial charge in [0.2, 0.25) is 5.91 Å². The first kappa shape index (κ1) is 22.3. The molecule has 1 aliphatic rings. The summed E-state index contributed by atoms with van der Waals surface area (Å²) in [7, 11) is 0. The molecule has 0 saturated heterocycles. The molecule has 7 heteroatoms. The summed E-state index contributed by atoms with van der Waals surface area (Å²) in [4.78, 5) is 35.9. The van der Waals surface area contributed by atoms with Gasteiger partial charge in [0.15, 0.2) is 6.73 Å². The van der Waals surface area contributed by atoms with E-state index >= 15 is 0 Å². The fourth-order valence-electron chi connectivity index (χ4n) is 3.79. The lowest BCUT2D eigenvalue weighted by Gasteiger charge is -2.23. The van der Waals surface area contributed by atoms with Crippen molar-refractivity contribution in [3.8, 4) is 11.1 Å². The topological polar surface area (TPSA) is 93.7 Å². The van der Waals surface area contributed by atoms with Crippen molar-refractivity contribution in [3.63, 3.8) is 0 Å². The number of nitrogens with one attached hydrogen (secondary N) is 2. The number of rotatable bonds is 8. The van der Waals surface area contributed by atoms with E-state index < -0.39 is 24.0 Å². The van der Waals surface area contributed by atoms with E-state index in [-0.39, 0.29) is 25.2 Å². The van der Waals surface area contributed by atoms with Gasteiger partial charge in [-0.05, 0) is 28.2 Å². The molecule has 0 heterocycles. The maximum absolute atomic E-state index is 12.5. The van der Waals surface area contributed by atoms with E-state index in [0.717, 1.165) is 22.3 Å². The van der Waals surface area contributed by atoms with Gasteiger partial charge >= 0.3 is 12.1 Å². The molecule has 1 aliphatic carbocycles. The Morgan fingerprint density at radius 1 is 0.968 bits per heavy atom. The summed E-state index contributed by atoms with van der Waals surface area (Å²) in [6.45, 7) is 4.97. The average molecular weight is 424 g/mol. The highest BCUT2D eigenvalue weighted by atomic mass is 16.6. The molecule has 0 saturated carbocycles. The zero-order valence-corrected chi connectivity index (χ0v) is 18.0. The Labute approximate surface area is 182 Å². The van der Waals surface area contributed by atoms with Crippen molar-refractivity contribution in [2.45, 2.75) is 39.2 Å². The fraction of sp³-hybridized carbons (Fsp3) is 0.375. The standard InChI is InChI=1S/C24H28N2O5/c1-4-15(2)22(23(28)25-14-31-16(3)27)26-24(29)30-13-21-19-11-7-5-9-17(19)18-10-6-8-12-20(18)21/h5-12,15,21-22H,4,13-14H2,1-3H3,(H,25,28)(H,26,29)/t15?,22-/m0/s1. The van der Waals surface area contributed by atoms with Gasteiger partial charge < -0.3 is 20.1 Å². The zero-order chi connectivity index (χ0) is 22.4. The zero-order valence-electron chi connectivity index (χ0n) is 18.0. The van der Waals surface area contributed by atoms with Crippen LogP contribution in [-0.2, 0) is 19.1 Å². The molecule has 0 bridgehead atoms. The molecule has 0 aromatic heterocycles. The van der Waals surface area contributed by atoms with E-state index in [2.05, 4.69) is 22.8 Å². The quantitative estimate of drug-likeness (QED) is 0.499. The van der Waals surface area contributed by atoms with Crippen LogP contribution in [0.3, 0.4) is 0 Å². The molecule has 0 aliphatic heterocycles. The molecule has 164 valence electrons. The predicted molar refractivity (Wildman–Crippen MR) is 116 cm³/mol. The minimum absolute atomic E-state index is 0.0574. The van der Waals surface area contributed by atoms with Crippen LogP contribution in [0.2, 0.25) is 0 Å². The smallest absolute Gasteiger partial charge is 0.407 e. The van der Waals surface area contributed by atoms with Crippen LogP contribution in [0, 0.1) is 5.92 Å². The largest absolute Gasteiger partial charge is 0.449 e. The van der Waals surface area contributed by atoms with Crippen molar-refractivity contribution in [1.29, 1.82) is 0 Å². The fourth-order valence-corrected chi connectivity index (χ4v) is 3.79. The Morgan fingerprint density at radius 3 is 2.10 bits per heavy atom. The normalized spacial score (nSPS) is 14.0. The third kappa shape index (κ3) is 5.23. The number of amides is 2. The van der Waals surface area contributed by atoms with Crippen LogP contribution in [0.1, 0.15) is 44.2 Å². The van der Waals surface area contributed by atoms with E-state index in [9.17, 15) is 14.4 Å². The molecule has 0 fully saturated rings. The van der Waals surface area contributed by atoms with Gasteiger partial charge in [-0.15, -0.1) is 0 Å². The number of alkyl carbamates (subject to hydrolysis) is 1. The van der Waals surface area contributed by atoms with Gasteiger partial charge in [-0.25, -0.2) is 4.79 Å². The Kier molecular flexibility index (Phi) is 7.28. The molecule has 7 nitrogen and oxygen atoms in total.